The fourth-order valence-electron chi connectivity index (χ4n) is 2.48. The molecule has 0 aliphatic carbocycles. The van der Waals surface area contributed by atoms with Gasteiger partial charge in [-0.1, -0.05) is 24.3 Å². The van der Waals surface area contributed by atoms with E-state index in [1.54, 1.807) is 36.8 Å². The summed E-state index contributed by atoms with van der Waals surface area (Å²) in [6.07, 6.45) is 0. The van der Waals surface area contributed by atoms with Gasteiger partial charge in [-0.05, 0) is 29.8 Å². The first-order chi connectivity index (χ1) is 13.2. The largest absolute Gasteiger partial charge is 0.497 e. The topological polar surface area (TPSA) is 76.7 Å². The number of hydrogen-bond donors (Lipinski definition) is 2. The van der Waals surface area contributed by atoms with Crippen LogP contribution in [0.4, 0.5) is 5.69 Å². The molecule has 7 heteroatoms. The highest BCUT2D eigenvalue weighted by atomic mass is 32.2. The van der Waals surface area contributed by atoms with Crippen LogP contribution in [0.2, 0.25) is 0 Å². The fraction of sp³-hybridized carbons (Fsp3) is 0.200. The molecule has 1 heterocycles. The smallest absolute Gasteiger partial charge is 0.291 e. The van der Waals surface area contributed by atoms with Gasteiger partial charge in [-0.15, -0.1) is 11.8 Å². The minimum Gasteiger partial charge on any atom is -0.497 e. The van der Waals surface area contributed by atoms with E-state index in [0.29, 0.717) is 24.4 Å². The minimum atomic E-state index is -0.363. The predicted molar refractivity (Wildman–Crippen MR) is 106 cm³/mol. The van der Waals surface area contributed by atoms with Gasteiger partial charge in [0, 0.05) is 17.7 Å². The molecular weight excluding hydrogens is 364 g/mol. The van der Waals surface area contributed by atoms with Crippen molar-refractivity contribution in [3.63, 3.8) is 0 Å². The lowest BCUT2D eigenvalue weighted by Crippen LogP contribution is -2.25. The van der Waals surface area contributed by atoms with Gasteiger partial charge < -0.3 is 20.1 Å². The first-order valence-corrected chi connectivity index (χ1v) is 9.48. The van der Waals surface area contributed by atoms with Crippen LogP contribution in [0.25, 0.3) is 0 Å². The molecule has 0 radical (unpaired) electrons. The molecule has 0 unspecified atom stereocenters. The number of thioether (sulfide) groups is 1. The molecule has 27 heavy (non-hydrogen) atoms. The highest BCUT2D eigenvalue weighted by Crippen LogP contribution is 2.20. The van der Waals surface area contributed by atoms with Gasteiger partial charge in [-0.2, -0.15) is 0 Å². The number of amides is 2. The lowest BCUT2D eigenvalue weighted by atomic mass is 10.1. The third-order valence-corrected chi connectivity index (χ3v) is 4.69. The van der Waals surface area contributed by atoms with E-state index < -0.39 is 0 Å². The number of ether oxygens (including phenoxy) is 2. The SMILES string of the molecule is COc1ccc(CNC(=O)c2ccccc2NC(=O)C2=CSCCO2)cc1. The van der Waals surface area contributed by atoms with E-state index in [1.807, 2.05) is 24.3 Å². The van der Waals surface area contributed by atoms with Crippen LogP contribution in [-0.4, -0.2) is 31.3 Å². The average molecular weight is 384 g/mol. The van der Waals surface area contributed by atoms with E-state index in [-0.39, 0.29) is 17.6 Å². The van der Waals surface area contributed by atoms with Crippen LogP contribution in [0.5, 0.6) is 5.75 Å². The zero-order valence-electron chi connectivity index (χ0n) is 14.9. The van der Waals surface area contributed by atoms with Crippen molar-refractivity contribution < 1.29 is 19.1 Å². The normalized spacial score (nSPS) is 13.1. The molecule has 2 aromatic carbocycles. The molecule has 0 fully saturated rings. The van der Waals surface area contributed by atoms with Crippen molar-refractivity contribution >= 4 is 29.3 Å². The van der Waals surface area contributed by atoms with Gasteiger partial charge in [-0.25, -0.2) is 0 Å². The Hall–Kier alpha value is -2.93. The summed E-state index contributed by atoms with van der Waals surface area (Å²) in [5.74, 6) is 1.21. The molecule has 3 rings (SSSR count). The highest BCUT2D eigenvalue weighted by Gasteiger charge is 2.18. The van der Waals surface area contributed by atoms with Crippen LogP contribution in [0.1, 0.15) is 15.9 Å². The van der Waals surface area contributed by atoms with E-state index >= 15 is 0 Å². The molecule has 0 bridgehead atoms. The lowest BCUT2D eigenvalue weighted by molar-refractivity contribution is -0.116. The first-order valence-electron chi connectivity index (χ1n) is 8.43. The molecule has 2 aromatic rings. The second kappa shape index (κ2) is 9.14. The third kappa shape index (κ3) is 5.04. The molecule has 0 atom stereocenters. The molecular formula is C20H20N2O4S. The molecule has 1 aliphatic heterocycles. The number of carbonyl (C=O) groups excluding carboxylic acids is 2. The maximum absolute atomic E-state index is 12.6. The summed E-state index contributed by atoms with van der Waals surface area (Å²) in [6, 6.07) is 14.3. The number of methoxy groups -OCH3 is 1. The van der Waals surface area contributed by atoms with Crippen molar-refractivity contribution in [1.82, 2.24) is 5.32 Å². The average Bonchev–Trinajstić information content (AvgIpc) is 2.73. The summed E-state index contributed by atoms with van der Waals surface area (Å²) in [5.41, 5.74) is 1.78. The molecule has 0 saturated heterocycles. The standard InChI is InChI=1S/C20H20N2O4S/c1-25-15-8-6-14(7-9-15)12-21-19(23)16-4-2-3-5-17(16)22-20(24)18-13-27-11-10-26-18/h2-9,13H,10-12H2,1H3,(H,21,23)(H,22,24). The Morgan fingerprint density at radius 3 is 2.59 bits per heavy atom. The molecule has 0 aromatic heterocycles. The van der Waals surface area contributed by atoms with Gasteiger partial charge in [0.25, 0.3) is 11.8 Å². The Balaban J connectivity index is 1.65. The van der Waals surface area contributed by atoms with E-state index in [4.69, 9.17) is 9.47 Å². The summed E-state index contributed by atoms with van der Waals surface area (Å²) in [5, 5.41) is 7.30. The van der Waals surface area contributed by atoms with Gasteiger partial charge in [0.05, 0.1) is 25.0 Å². The first kappa shape index (κ1) is 18.8. The van der Waals surface area contributed by atoms with Crippen molar-refractivity contribution in [3.05, 3.63) is 70.8 Å². The molecule has 0 spiro atoms. The highest BCUT2D eigenvalue weighted by molar-refractivity contribution is 8.02. The molecule has 1 aliphatic rings. The van der Waals surface area contributed by atoms with E-state index in [9.17, 15) is 9.59 Å². The summed E-state index contributed by atoms with van der Waals surface area (Å²) >= 11 is 1.52. The zero-order chi connectivity index (χ0) is 19.1. The van der Waals surface area contributed by atoms with E-state index in [1.165, 1.54) is 11.8 Å². The van der Waals surface area contributed by atoms with Crippen molar-refractivity contribution in [2.45, 2.75) is 6.54 Å². The van der Waals surface area contributed by atoms with Crippen LogP contribution in [0, 0.1) is 0 Å². The second-order valence-corrected chi connectivity index (χ2v) is 6.71. The van der Waals surface area contributed by atoms with E-state index in [0.717, 1.165) is 17.1 Å². The Labute approximate surface area is 161 Å². The third-order valence-electron chi connectivity index (χ3n) is 3.90. The monoisotopic (exact) mass is 384 g/mol. The van der Waals surface area contributed by atoms with Crippen LogP contribution in [0.15, 0.2) is 59.7 Å². The number of hydrogen-bond acceptors (Lipinski definition) is 5. The molecule has 0 saturated carbocycles. The summed E-state index contributed by atoms with van der Waals surface area (Å²) in [6.45, 7) is 0.865. The zero-order valence-corrected chi connectivity index (χ0v) is 15.7. The van der Waals surface area contributed by atoms with Gasteiger partial charge in [0.2, 0.25) is 0 Å². The van der Waals surface area contributed by atoms with Crippen LogP contribution in [-0.2, 0) is 16.1 Å². The molecule has 2 amide bonds. The Morgan fingerprint density at radius 2 is 1.89 bits per heavy atom. The molecule has 2 N–H and O–H groups in total. The minimum absolute atomic E-state index is 0.264. The summed E-state index contributed by atoms with van der Waals surface area (Å²) < 4.78 is 10.5. The maximum Gasteiger partial charge on any atom is 0.291 e. The number of anilines is 1. The number of nitrogens with one attached hydrogen (secondary N) is 2. The van der Waals surface area contributed by atoms with Gasteiger partial charge >= 0.3 is 0 Å². The van der Waals surface area contributed by atoms with Crippen LogP contribution >= 0.6 is 11.8 Å². The maximum atomic E-state index is 12.6. The predicted octanol–water partition coefficient (Wildman–Crippen LogP) is 3.17. The number of para-hydroxylation sites is 1. The van der Waals surface area contributed by atoms with Crippen molar-refractivity contribution in [2.75, 3.05) is 24.8 Å². The molecule has 6 nitrogen and oxygen atoms in total. The number of carbonyl (C=O) groups is 2. The number of benzene rings is 2. The Kier molecular flexibility index (Phi) is 6.38. The Bertz CT molecular complexity index is 849. The molecule has 140 valence electrons. The quantitative estimate of drug-likeness (QED) is 0.800. The fourth-order valence-corrected chi connectivity index (χ4v) is 3.11. The van der Waals surface area contributed by atoms with E-state index in [2.05, 4.69) is 10.6 Å². The summed E-state index contributed by atoms with van der Waals surface area (Å²) in [4.78, 5) is 24.9. The second-order valence-electron chi connectivity index (χ2n) is 5.73. The van der Waals surface area contributed by atoms with Crippen molar-refractivity contribution in [3.8, 4) is 5.75 Å². The van der Waals surface area contributed by atoms with Gasteiger partial charge in [-0.3, -0.25) is 9.59 Å². The van der Waals surface area contributed by atoms with Gasteiger partial charge in [0.1, 0.15) is 5.75 Å². The van der Waals surface area contributed by atoms with Gasteiger partial charge in [0.15, 0.2) is 5.76 Å². The lowest BCUT2D eigenvalue weighted by Gasteiger charge is -2.15. The Morgan fingerprint density at radius 1 is 1.11 bits per heavy atom. The van der Waals surface area contributed by atoms with Crippen molar-refractivity contribution in [2.24, 2.45) is 0 Å². The summed E-state index contributed by atoms with van der Waals surface area (Å²) in [7, 11) is 1.61. The van der Waals surface area contributed by atoms with Crippen LogP contribution < -0.4 is 15.4 Å². The number of rotatable bonds is 6. The van der Waals surface area contributed by atoms with Crippen LogP contribution in [0.3, 0.4) is 0 Å². The van der Waals surface area contributed by atoms with Crippen molar-refractivity contribution in [1.29, 1.82) is 0 Å².